The van der Waals surface area contributed by atoms with Gasteiger partial charge in [-0.25, -0.2) is 9.97 Å². The fourth-order valence-corrected chi connectivity index (χ4v) is 3.04. The fraction of sp³-hybridized carbons (Fsp3) is 0.368. The largest absolute Gasteiger partial charge is 0.350 e. The highest BCUT2D eigenvalue weighted by Crippen LogP contribution is 2.12. The smallest absolute Gasteiger partial charge is 0.270 e. The molecular weight excluding hydrogens is 366 g/mol. The molecule has 2 aromatic rings. The van der Waals surface area contributed by atoms with Crippen LogP contribution in [0.1, 0.15) is 23.0 Å². The van der Waals surface area contributed by atoms with E-state index in [2.05, 4.69) is 15.3 Å². The van der Waals surface area contributed by atoms with Crippen LogP contribution in [-0.4, -0.2) is 59.4 Å². The monoisotopic (exact) mass is 387 g/mol. The molecule has 0 bridgehead atoms. The molecule has 1 saturated heterocycles. The molecule has 1 aliphatic rings. The maximum atomic E-state index is 12.4. The summed E-state index contributed by atoms with van der Waals surface area (Å²) in [5.74, 6) is 0.364. The fourth-order valence-electron chi connectivity index (χ4n) is 2.91. The van der Waals surface area contributed by atoms with Crippen molar-refractivity contribution in [3.8, 4) is 0 Å². The SMILES string of the molecule is CC(=O)N1CCN(c2nccc(C(=O)NCCc3ccc(Cl)cc3)n2)CC1. The first-order valence-electron chi connectivity index (χ1n) is 8.89. The summed E-state index contributed by atoms with van der Waals surface area (Å²) in [6.07, 6.45) is 2.31. The van der Waals surface area contributed by atoms with Crippen molar-refractivity contribution in [1.29, 1.82) is 0 Å². The molecule has 1 aromatic carbocycles. The molecule has 0 aliphatic carbocycles. The molecule has 1 aromatic heterocycles. The van der Waals surface area contributed by atoms with E-state index in [-0.39, 0.29) is 11.8 Å². The van der Waals surface area contributed by atoms with Crippen molar-refractivity contribution in [3.05, 3.63) is 52.8 Å². The Labute approximate surface area is 163 Å². The summed E-state index contributed by atoms with van der Waals surface area (Å²) >= 11 is 5.87. The van der Waals surface area contributed by atoms with E-state index < -0.39 is 0 Å². The van der Waals surface area contributed by atoms with E-state index in [1.807, 2.05) is 29.2 Å². The van der Waals surface area contributed by atoms with Crippen LogP contribution in [0, 0.1) is 0 Å². The zero-order chi connectivity index (χ0) is 19.2. The third-order valence-corrected chi connectivity index (χ3v) is 4.75. The van der Waals surface area contributed by atoms with E-state index in [4.69, 9.17) is 11.6 Å². The Bertz CT molecular complexity index is 804. The highest BCUT2D eigenvalue weighted by atomic mass is 35.5. The van der Waals surface area contributed by atoms with E-state index in [0.29, 0.717) is 55.8 Å². The average molecular weight is 388 g/mol. The summed E-state index contributed by atoms with van der Waals surface area (Å²) < 4.78 is 0. The Morgan fingerprint density at radius 2 is 1.81 bits per heavy atom. The zero-order valence-corrected chi connectivity index (χ0v) is 15.9. The first-order chi connectivity index (χ1) is 13.0. The lowest BCUT2D eigenvalue weighted by molar-refractivity contribution is -0.129. The quantitative estimate of drug-likeness (QED) is 0.845. The van der Waals surface area contributed by atoms with Gasteiger partial charge in [0.25, 0.3) is 5.91 Å². The van der Waals surface area contributed by atoms with Crippen LogP contribution in [0.25, 0.3) is 0 Å². The van der Waals surface area contributed by atoms with Crippen molar-refractivity contribution in [1.82, 2.24) is 20.2 Å². The number of hydrogen-bond donors (Lipinski definition) is 1. The number of benzene rings is 1. The standard InChI is InChI=1S/C19H22ClN5O2/c1-14(26)24-10-12-25(13-11-24)19-22-9-7-17(23-19)18(27)21-8-6-15-2-4-16(20)5-3-15/h2-5,7,9H,6,8,10-13H2,1H3,(H,21,27). The molecule has 1 aliphatic heterocycles. The van der Waals surface area contributed by atoms with Gasteiger partial charge in [-0.3, -0.25) is 9.59 Å². The number of rotatable bonds is 5. The van der Waals surface area contributed by atoms with Crippen LogP contribution >= 0.6 is 11.6 Å². The van der Waals surface area contributed by atoms with Crippen LogP contribution in [0.4, 0.5) is 5.95 Å². The molecule has 27 heavy (non-hydrogen) atoms. The molecule has 7 nitrogen and oxygen atoms in total. The molecule has 142 valence electrons. The molecule has 1 N–H and O–H groups in total. The predicted molar refractivity (Wildman–Crippen MR) is 104 cm³/mol. The molecule has 0 spiro atoms. The Hall–Kier alpha value is -2.67. The van der Waals surface area contributed by atoms with Crippen LogP contribution in [0.5, 0.6) is 0 Å². The van der Waals surface area contributed by atoms with Crippen molar-refractivity contribution in [2.45, 2.75) is 13.3 Å². The second kappa shape index (κ2) is 8.81. The van der Waals surface area contributed by atoms with Gasteiger partial charge in [-0.1, -0.05) is 23.7 Å². The number of nitrogens with one attached hydrogen (secondary N) is 1. The third-order valence-electron chi connectivity index (χ3n) is 4.50. The molecule has 2 amide bonds. The topological polar surface area (TPSA) is 78.4 Å². The van der Waals surface area contributed by atoms with Gasteiger partial charge in [-0.2, -0.15) is 0 Å². The van der Waals surface area contributed by atoms with Gasteiger partial charge >= 0.3 is 0 Å². The van der Waals surface area contributed by atoms with Gasteiger partial charge in [0.2, 0.25) is 11.9 Å². The van der Waals surface area contributed by atoms with E-state index >= 15 is 0 Å². The Kier molecular flexibility index (Phi) is 6.24. The van der Waals surface area contributed by atoms with Crippen molar-refractivity contribution < 1.29 is 9.59 Å². The maximum absolute atomic E-state index is 12.4. The zero-order valence-electron chi connectivity index (χ0n) is 15.2. The molecule has 3 rings (SSSR count). The molecule has 1 fully saturated rings. The minimum atomic E-state index is -0.227. The highest BCUT2D eigenvalue weighted by molar-refractivity contribution is 6.30. The molecular formula is C19H22ClN5O2. The summed E-state index contributed by atoms with van der Waals surface area (Å²) in [6, 6.07) is 9.16. The lowest BCUT2D eigenvalue weighted by Gasteiger charge is -2.34. The van der Waals surface area contributed by atoms with Gasteiger partial charge in [0.1, 0.15) is 5.69 Å². The van der Waals surface area contributed by atoms with Crippen LogP contribution in [-0.2, 0) is 11.2 Å². The van der Waals surface area contributed by atoms with Crippen molar-refractivity contribution in [2.75, 3.05) is 37.6 Å². The van der Waals surface area contributed by atoms with Crippen LogP contribution in [0.15, 0.2) is 36.5 Å². The van der Waals surface area contributed by atoms with E-state index in [1.54, 1.807) is 24.1 Å². The van der Waals surface area contributed by atoms with Crippen LogP contribution < -0.4 is 10.2 Å². The van der Waals surface area contributed by atoms with E-state index in [0.717, 1.165) is 5.56 Å². The van der Waals surface area contributed by atoms with E-state index in [1.165, 1.54) is 0 Å². The summed E-state index contributed by atoms with van der Waals surface area (Å²) in [5.41, 5.74) is 1.44. The highest BCUT2D eigenvalue weighted by Gasteiger charge is 2.21. The first-order valence-corrected chi connectivity index (χ1v) is 9.27. The average Bonchev–Trinajstić information content (AvgIpc) is 2.69. The summed E-state index contributed by atoms with van der Waals surface area (Å²) in [6.45, 7) is 4.66. The van der Waals surface area contributed by atoms with Crippen molar-refractivity contribution in [3.63, 3.8) is 0 Å². The lowest BCUT2D eigenvalue weighted by atomic mass is 10.1. The molecule has 0 unspecified atom stereocenters. The minimum Gasteiger partial charge on any atom is -0.350 e. The molecule has 2 heterocycles. The van der Waals surface area contributed by atoms with Crippen molar-refractivity contribution in [2.24, 2.45) is 0 Å². The number of aromatic nitrogens is 2. The van der Waals surface area contributed by atoms with Gasteiger partial charge in [0.15, 0.2) is 0 Å². The lowest BCUT2D eigenvalue weighted by Crippen LogP contribution is -2.48. The van der Waals surface area contributed by atoms with Gasteiger partial charge in [-0.15, -0.1) is 0 Å². The van der Waals surface area contributed by atoms with Crippen LogP contribution in [0.3, 0.4) is 0 Å². The number of carbonyl (C=O) groups excluding carboxylic acids is 2. The van der Waals surface area contributed by atoms with Gasteiger partial charge in [-0.05, 0) is 30.2 Å². The molecule has 0 saturated carbocycles. The molecule has 8 heteroatoms. The normalized spacial score (nSPS) is 14.1. The number of hydrogen-bond acceptors (Lipinski definition) is 5. The van der Waals surface area contributed by atoms with Crippen molar-refractivity contribution >= 4 is 29.4 Å². The third kappa shape index (κ3) is 5.17. The number of carbonyl (C=O) groups is 2. The minimum absolute atomic E-state index is 0.0735. The number of halogens is 1. The summed E-state index contributed by atoms with van der Waals surface area (Å²) in [7, 11) is 0. The number of piperazine rings is 1. The van der Waals surface area contributed by atoms with Gasteiger partial charge < -0.3 is 15.1 Å². The van der Waals surface area contributed by atoms with Gasteiger partial charge in [0, 0.05) is 50.9 Å². The Morgan fingerprint density at radius 1 is 1.11 bits per heavy atom. The number of amides is 2. The first kappa shape index (κ1) is 19.1. The predicted octanol–water partition coefficient (Wildman–Crippen LogP) is 1.77. The summed E-state index contributed by atoms with van der Waals surface area (Å²) in [4.78, 5) is 36.2. The van der Waals surface area contributed by atoms with Gasteiger partial charge in [0.05, 0.1) is 0 Å². The second-order valence-corrected chi connectivity index (χ2v) is 6.80. The Balaban J connectivity index is 1.54. The van der Waals surface area contributed by atoms with E-state index in [9.17, 15) is 9.59 Å². The second-order valence-electron chi connectivity index (χ2n) is 6.37. The number of anilines is 1. The molecule has 0 radical (unpaired) electrons. The molecule has 0 atom stereocenters. The van der Waals surface area contributed by atoms with Crippen LogP contribution in [0.2, 0.25) is 5.02 Å². The Morgan fingerprint density at radius 3 is 2.48 bits per heavy atom. The summed E-state index contributed by atoms with van der Waals surface area (Å²) in [5, 5.41) is 3.58. The maximum Gasteiger partial charge on any atom is 0.270 e. The number of nitrogens with zero attached hydrogens (tertiary/aromatic N) is 4.